The standard InChI is InChI=1S/C15H25N3O2/c1-4-14(19)16-8-15(20)18-9-12-6-5-7-17(12)10-13(18)11(2)3/h4,11-13H,1,5-10H2,2-3H3,(H,16,19)/t12-,13-/m0/s1. The molecule has 0 aromatic rings. The Labute approximate surface area is 121 Å². The molecule has 2 heterocycles. The summed E-state index contributed by atoms with van der Waals surface area (Å²) in [6, 6.07) is 0.751. The number of rotatable bonds is 4. The predicted molar refractivity (Wildman–Crippen MR) is 78.1 cm³/mol. The average molecular weight is 279 g/mol. The van der Waals surface area contributed by atoms with E-state index in [0.717, 1.165) is 19.6 Å². The van der Waals surface area contributed by atoms with E-state index in [1.807, 2.05) is 4.90 Å². The van der Waals surface area contributed by atoms with Gasteiger partial charge in [-0.3, -0.25) is 14.5 Å². The highest BCUT2D eigenvalue weighted by atomic mass is 16.2. The van der Waals surface area contributed by atoms with Gasteiger partial charge in [-0.1, -0.05) is 20.4 Å². The molecule has 20 heavy (non-hydrogen) atoms. The van der Waals surface area contributed by atoms with Gasteiger partial charge in [-0.05, 0) is 31.4 Å². The molecule has 0 aromatic heterocycles. The molecule has 2 aliphatic heterocycles. The van der Waals surface area contributed by atoms with Crippen LogP contribution in [0.2, 0.25) is 0 Å². The zero-order valence-electron chi connectivity index (χ0n) is 12.5. The molecule has 0 spiro atoms. The number of hydrogen-bond donors (Lipinski definition) is 1. The van der Waals surface area contributed by atoms with E-state index in [4.69, 9.17) is 0 Å². The molecule has 2 atom stereocenters. The maximum Gasteiger partial charge on any atom is 0.243 e. The molecule has 112 valence electrons. The Kier molecular flexibility index (Phi) is 4.81. The van der Waals surface area contributed by atoms with Gasteiger partial charge in [0.25, 0.3) is 0 Å². The predicted octanol–water partition coefficient (Wildman–Crippen LogP) is 0.620. The van der Waals surface area contributed by atoms with Gasteiger partial charge in [-0.25, -0.2) is 0 Å². The van der Waals surface area contributed by atoms with E-state index in [2.05, 4.69) is 30.6 Å². The minimum atomic E-state index is -0.293. The second-order valence-electron chi connectivity index (χ2n) is 6.07. The largest absolute Gasteiger partial charge is 0.343 e. The van der Waals surface area contributed by atoms with E-state index in [1.165, 1.54) is 18.9 Å². The van der Waals surface area contributed by atoms with Crippen LogP contribution in [0.15, 0.2) is 12.7 Å². The molecule has 1 N–H and O–H groups in total. The third-order valence-corrected chi connectivity index (χ3v) is 4.42. The van der Waals surface area contributed by atoms with E-state index < -0.39 is 0 Å². The van der Waals surface area contributed by atoms with E-state index in [-0.39, 0.29) is 24.4 Å². The molecule has 0 aliphatic carbocycles. The Balaban J connectivity index is 2.00. The lowest BCUT2D eigenvalue weighted by Crippen LogP contribution is -2.60. The minimum Gasteiger partial charge on any atom is -0.343 e. The molecule has 2 saturated heterocycles. The lowest BCUT2D eigenvalue weighted by molar-refractivity contribution is -0.139. The van der Waals surface area contributed by atoms with Crippen molar-refractivity contribution < 1.29 is 9.59 Å². The highest BCUT2D eigenvalue weighted by Gasteiger charge is 2.39. The van der Waals surface area contributed by atoms with Crippen molar-refractivity contribution in [2.24, 2.45) is 5.92 Å². The van der Waals surface area contributed by atoms with Crippen LogP contribution in [0.25, 0.3) is 0 Å². The van der Waals surface area contributed by atoms with Gasteiger partial charge in [-0.2, -0.15) is 0 Å². The molecule has 2 aliphatic rings. The number of carbonyl (C=O) groups is 2. The number of nitrogens with zero attached hydrogens (tertiary/aromatic N) is 2. The summed E-state index contributed by atoms with van der Waals surface area (Å²) in [4.78, 5) is 28.1. The van der Waals surface area contributed by atoms with Gasteiger partial charge in [0, 0.05) is 25.2 Å². The van der Waals surface area contributed by atoms with Gasteiger partial charge in [0.05, 0.1) is 6.54 Å². The number of hydrogen-bond acceptors (Lipinski definition) is 3. The van der Waals surface area contributed by atoms with Crippen LogP contribution in [0.5, 0.6) is 0 Å². The fraction of sp³-hybridized carbons (Fsp3) is 0.733. The molecule has 5 nitrogen and oxygen atoms in total. The van der Waals surface area contributed by atoms with Crippen molar-refractivity contribution in [1.29, 1.82) is 0 Å². The summed E-state index contributed by atoms with van der Waals surface area (Å²) in [5.74, 6) is 0.153. The SMILES string of the molecule is C=CC(=O)NCC(=O)N1C[C@@H]2CCCN2C[C@H]1C(C)C. The first-order valence-corrected chi connectivity index (χ1v) is 7.46. The Hall–Kier alpha value is -1.36. The molecule has 0 bridgehead atoms. The van der Waals surface area contributed by atoms with Gasteiger partial charge in [-0.15, -0.1) is 0 Å². The van der Waals surface area contributed by atoms with Crippen molar-refractivity contribution >= 4 is 11.8 Å². The Morgan fingerprint density at radius 3 is 2.80 bits per heavy atom. The summed E-state index contributed by atoms with van der Waals surface area (Å²) < 4.78 is 0. The second kappa shape index (κ2) is 6.39. The van der Waals surface area contributed by atoms with E-state index >= 15 is 0 Å². The zero-order chi connectivity index (χ0) is 14.7. The molecular weight excluding hydrogens is 254 g/mol. The fourth-order valence-corrected chi connectivity index (χ4v) is 3.24. The zero-order valence-corrected chi connectivity index (χ0v) is 12.5. The summed E-state index contributed by atoms with van der Waals surface area (Å²) in [6.07, 6.45) is 3.60. The monoisotopic (exact) mass is 279 g/mol. The highest BCUT2D eigenvalue weighted by molar-refractivity contribution is 5.90. The Morgan fingerprint density at radius 2 is 2.15 bits per heavy atom. The topological polar surface area (TPSA) is 52.7 Å². The maximum atomic E-state index is 12.4. The summed E-state index contributed by atoms with van der Waals surface area (Å²) in [5.41, 5.74) is 0. The van der Waals surface area contributed by atoms with Crippen molar-refractivity contribution in [2.75, 3.05) is 26.2 Å². The van der Waals surface area contributed by atoms with Crippen LogP contribution in [-0.4, -0.2) is 59.9 Å². The van der Waals surface area contributed by atoms with Crippen LogP contribution in [0.4, 0.5) is 0 Å². The average Bonchev–Trinajstić information content (AvgIpc) is 2.89. The van der Waals surface area contributed by atoms with Crippen LogP contribution < -0.4 is 5.32 Å². The van der Waals surface area contributed by atoms with Crippen molar-refractivity contribution in [3.05, 3.63) is 12.7 Å². The van der Waals surface area contributed by atoms with Gasteiger partial charge in [0.15, 0.2) is 0 Å². The quantitative estimate of drug-likeness (QED) is 0.768. The Morgan fingerprint density at radius 1 is 1.40 bits per heavy atom. The molecule has 5 heteroatoms. The summed E-state index contributed by atoms with van der Waals surface area (Å²) in [5, 5.41) is 2.59. The van der Waals surface area contributed by atoms with Gasteiger partial charge < -0.3 is 10.2 Å². The molecule has 2 fully saturated rings. The normalized spacial score (nSPS) is 26.4. The maximum absolute atomic E-state index is 12.4. The van der Waals surface area contributed by atoms with Crippen LogP contribution in [0.3, 0.4) is 0 Å². The first kappa shape index (κ1) is 15.0. The third kappa shape index (κ3) is 3.20. The molecule has 0 radical (unpaired) electrons. The van der Waals surface area contributed by atoms with Crippen LogP contribution in [0.1, 0.15) is 26.7 Å². The molecular formula is C15H25N3O2. The molecule has 2 rings (SSSR count). The number of fused-ring (bicyclic) bond motifs is 1. The summed E-state index contributed by atoms with van der Waals surface area (Å²) in [6.45, 7) is 10.7. The van der Waals surface area contributed by atoms with Crippen LogP contribution in [-0.2, 0) is 9.59 Å². The van der Waals surface area contributed by atoms with Gasteiger partial charge >= 0.3 is 0 Å². The van der Waals surface area contributed by atoms with Crippen LogP contribution in [0, 0.1) is 5.92 Å². The lowest BCUT2D eigenvalue weighted by atomic mass is 9.97. The number of amides is 2. The first-order valence-electron chi connectivity index (χ1n) is 7.46. The summed E-state index contributed by atoms with van der Waals surface area (Å²) >= 11 is 0. The van der Waals surface area contributed by atoms with Crippen molar-refractivity contribution in [3.8, 4) is 0 Å². The smallest absolute Gasteiger partial charge is 0.243 e. The van der Waals surface area contributed by atoms with E-state index in [0.29, 0.717) is 12.0 Å². The highest BCUT2D eigenvalue weighted by Crippen LogP contribution is 2.27. The van der Waals surface area contributed by atoms with Crippen molar-refractivity contribution in [2.45, 2.75) is 38.8 Å². The molecule has 0 saturated carbocycles. The van der Waals surface area contributed by atoms with Crippen LogP contribution >= 0.6 is 0 Å². The van der Waals surface area contributed by atoms with Gasteiger partial charge in [0.2, 0.25) is 11.8 Å². The third-order valence-electron chi connectivity index (χ3n) is 4.42. The first-order chi connectivity index (χ1) is 9.52. The number of carbonyl (C=O) groups excluding carboxylic acids is 2. The summed E-state index contributed by atoms with van der Waals surface area (Å²) in [7, 11) is 0. The number of piperazine rings is 1. The second-order valence-corrected chi connectivity index (χ2v) is 6.07. The van der Waals surface area contributed by atoms with Crippen molar-refractivity contribution in [3.63, 3.8) is 0 Å². The van der Waals surface area contributed by atoms with Crippen molar-refractivity contribution in [1.82, 2.24) is 15.1 Å². The Bertz CT molecular complexity index is 395. The lowest BCUT2D eigenvalue weighted by Gasteiger charge is -2.45. The molecule has 0 aromatic carbocycles. The number of nitrogens with one attached hydrogen (secondary N) is 1. The van der Waals surface area contributed by atoms with E-state index in [9.17, 15) is 9.59 Å². The molecule has 0 unspecified atom stereocenters. The fourth-order valence-electron chi connectivity index (χ4n) is 3.24. The molecule has 2 amide bonds. The minimum absolute atomic E-state index is 0.0189. The van der Waals surface area contributed by atoms with E-state index in [1.54, 1.807) is 0 Å². The van der Waals surface area contributed by atoms with Gasteiger partial charge in [0.1, 0.15) is 0 Å².